The molecule has 0 radical (unpaired) electrons. The first-order valence-electron chi connectivity index (χ1n) is 6.12. The van der Waals surface area contributed by atoms with Gasteiger partial charge in [0.05, 0.1) is 17.0 Å². The van der Waals surface area contributed by atoms with Crippen molar-refractivity contribution < 1.29 is 18.0 Å². The van der Waals surface area contributed by atoms with E-state index in [4.69, 9.17) is 11.5 Å². The molecule has 0 aliphatic carbocycles. The first-order chi connectivity index (χ1) is 9.73. The minimum atomic E-state index is -3.13. The van der Waals surface area contributed by atoms with Crippen LogP contribution in [-0.4, -0.2) is 45.3 Å². The number of hydrogen-bond donors (Lipinski definition) is 4. The second-order valence-corrected chi connectivity index (χ2v) is 7.65. The van der Waals surface area contributed by atoms with Crippen LogP contribution in [0.4, 0.5) is 10.7 Å². The molecule has 1 rings (SSSR count). The fourth-order valence-electron chi connectivity index (χ4n) is 1.57. The summed E-state index contributed by atoms with van der Waals surface area (Å²) in [4.78, 5) is 23.2. The molecule has 0 saturated carbocycles. The molecule has 1 aromatic heterocycles. The van der Waals surface area contributed by atoms with Gasteiger partial charge in [0.1, 0.15) is 9.88 Å². The number of carbonyl (C=O) groups excluding carboxylic acids is 2. The Morgan fingerprint density at radius 1 is 1.33 bits per heavy atom. The Morgan fingerprint density at radius 3 is 2.43 bits per heavy atom. The summed E-state index contributed by atoms with van der Waals surface area (Å²) >= 11 is 0.930. The standard InChI is InChI=1S/C11H18N4O4S2/c1-3-21(18,19)5-4-15-11-6(10(17)14-2)7(12)8(20-11)9(13)16/h15H,3-5,12H2,1-2H3,(H2,13,16)(H,14,17). The number of hydrogen-bond acceptors (Lipinski definition) is 7. The molecule has 0 spiro atoms. The molecule has 0 unspecified atom stereocenters. The molecule has 0 aliphatic heterocycles. The molecule has 6 N–H and O–H groups in total. The van der Waals surface area contributed by atoms with Crippen LogP contribution in [0.25, 0.3) is 0 Å². The number of anilines is 2. The molecule has 8 nitrogen and oxygen atoms in total. The molecule has 10 heteroatoms. The highest BCUT2D eigenvalue weighted by Crippen LogP contribution is 2.35. The summed E-state index contributed by atoms with van der Waals surface area (Å²) in [5, 5.41) is 5.56. The van der Waals surface area contributed by atoms with Crippen LogP contribution in [0.15, 0.2) is 0 Å². The van der Waals surface area contributed by atoms with Crippen LogP contribution in [0.3, 0.4) is 0 Å². The zero-order valence-corrected chi connectivity index (χ0v) is 13.4. The Bertz CT molecular complexity index is 651. The normalized spacial score (nSPS) is 11.1. The van der Waals surface area contributed by atoms with E-state index >= 15 is 0 Å². The smallest absolute Gasteiger partial charge is 0.260 e. The third kappa shape index (κ3) is 4.08. The van der Waals surface area contributed by atoms with Crippen molar-refractivity contribution in [3.8, 4) is 0 Å². The predicted octanol–water partition coefficient (Wildman–Crippen LogP) is -0.365. The highest BCUT2D eigenvalue weighted by atomic mass is 32.2. The summed E-state index contributed by atoms with van der Waals surface area (Å²) in [6, 6.07) is 0. The summed E-state index contributed by atoms with van der Waals surface area (Å²) in [6.45, 7) is 1.66. The average Bonchev–Trinajstić information content (AvgIpc) is 2.75. The van der Waals surface area contributed by atoms with E-state index in [-0.39, 0.29) is 34.2 Å². The maximum atomic E-state index is 11.8. The molecule has 0 fully saturated rings. The lowest BCUT2D eigenvalue weighted by Crippen LogP contribution is -2.22. The Morgan fingerprint density at radius 2 is 1.95 bits per heavy atom. The molecule has 118 valence electrons. The lowest BCUT2D eigenvalue weighted by atomic mass is 10.2. The van der Waals surface area contributed by atoms with E-state index in [9.17, 15) is 18.0 Å². The number of nitrogen functional groups attached to an aromatic ring is 1. The molecule has 0 saturated heterocycles. The highest BCUT2D eigenvalue weighted by molar-refractivity contribution is 7.91. The maximum absolute atomic E-state index is 11.8. The fourth-order valence-corrected chi connectivity index (χ4v) is 3.26. The average molecular weight is 334 g/mol. The number of thiophene rings is 1. The summed E-state index contributed by atoms with van der Waals surface area (Å²) in [7, 11) is -1.70. The van der Waals surface area contributed by atoms with Crippen LogP contribution in [0.5, 0.6) is 0 Å². The first-order valence-corrected chi connectivity index (χ1v) is 8.75. The Kier molecular flexibility index (Phi) is 5.55. The van der Waals surface area contributed by atoms with Crippen LogP contribution in [0.2, 0.25) is 0 Å². The summed E-state index contributed by atoms with van der Waals surface area (Å²) in [5.41, 5.74) is 11.0. The van der Waals surface area contributed by atoms with Gasteiger partial charge in [-0.25, -0.2) is 8.42 Å². The van der Waals surface area contributed by atoms with Crippen molar-refractivity contribution in [3.63, 3.8) is 0 Å². The van der Waals surface area contributed by atoms with E-state index in [1.807, 2.05) is 0 Å². The molecular formula is C11H18N4O4S2. The van der Waals surface area contributed by atoms with Crippen molar-refractivity contribution in [2.75, 3.05) is 36.1 Å². The molecule has 0 bridgehead atoms. The van der Waals surface area contributed by atoms with Crippen LogP contribution >= 0.6 is 11.3 Å². The molecule has 21 heavy (non-hydrogen) atoms. The number of primary amides is 1. The minimum absolute atomic E-state index is 0.00676. The molecule has 0 aromatic carbocycles. The number of nitrogens with one attached hydrogen (secondary N) is 2. The van der Waals surface area contributed by atoms with E-state index in [1.54, 1.807) is 6.92 Å². The van der Waals surface area contributed by atoms with Gasteiger partial charge in [-0.3, -0.25) is 9.59 Å². The largest absolute Gasteiger partial charge is 0.397 e. The van der Waals surface area contributed by atoms with Crippen LogP contribution in [0.1, 0.15) is 27.0 Å². The predicted molar refractivity (Wildman–Crippen MR) is 83.5 cm³/mol. The highest BCUT2D eigenvalue weighted by Gasteiger charge is 2.24. The monoisotopic (exact) mass is 334 g/mol. The minimum Gasteiger partial charge on any atom is -0.397 e. The van der Waals surface area contributed by atoms with E-state index in [0.717, 1.165) is 11.3 Å². The Labute approximate surface area is 126 Å². The van der Waals surface area contributed by atoms with E-state index in [0.29, 0.717) is 5.00 Å². The third-order valence-corrected chi connectivity index (χ3v) is 5.65. The van der Waals surface area contributed by atoms with Gasteiger partial charge in [0.2, 0.25) is 0 Å². The number of nitrogens with two attached hydrogens (primary N) is 2. The molecule has 1 heterocycles. The van der Waals surface area contributed by atoms with Crippen molar-refractivity contribution in [1.29, 1.82) is 0 Å². The van der Waals surface area contributed by atoms with Crippen molar-refractivity contribution in [1.82, 2.24) is 5.32 Å². The van der Waals surface area contributed by atoms with Crippen molar-refractivity contribution >= 4 is 43.7 Å². The van der Waals surface area contributed by atoms with E-state index < -0.39 is 21.7 Å². The number of amides is 2. The SMILES string of the molecule is CCS(=O)(=O)CCNc1sc(C(N)=O)c(N)c1C(=O)NC. The van der Waals surface area contributed by atoms with E-state index in [2.05, 4.69) is 10.6 Å². The van der Waals surface area contributed by atoms with Crippen LogP contribution < -0.4 is 22.1 Å². The first kappa shape index (κ1) is 17.2. The van der Waals surface area contributed by atoms with Gasteiger partial charge in [0.25, 0.3) is 11.8 Å². The molecule has 0 aliphatic rings. The Balaban J connectivity index is 3.03. The van der Waals surface area contributed by atoms with Gasteiger partial charge in [-0.05, 0) is 0 Å². The zero-order chi connectivity index (χ0) is 16.2. The number of sulfone groups is 1. The van der Waals surface area contributed by atoms with Crippen LogP contribution in [0, 0.1) is 0 Å². The van der Waals surface area contributed by atoms with E-state index in [1.165, 1.54) is 7.05 Å². The fraction of sp³-hybridized carbons (Fsp3) is 0.455. The Hall–Kier alpha value is -1.81. The molecule has 0 atom stereocenters. The molecular weight excluding hydrogens is 316 g/mol. The topological polar surface area (TPSA) is 144 Å². The third-order valence-electron chi connectivity index (χ3n) is 2.76. The maximum Gasteiger partial charge on any atom is 0.260 e. The van der Waals surface area contributed by atoms with Crippen molar-refractivity contribution in [2.45, 2.75) is 6.92 Å². The zero-order valence-electron chi connectivity index (χ0n) is 11.7. The summed E-state index contributed by atoms with van der Waals surface area (Å²) < 4.78 is 22.9. The summed E-state index contributed by atoms with van der Waals surface area (Å²) in [5.74, 6) is -1.26. The second kappa shape index (κ2) is 6.76. The number of carbonyl (C=O) groups is 2. The van der Waals surface area contributed by atoms with Crippen molar-refractivity contribution in [3.05, 3.63) is 10.4 Å². The number of rotatable bonds is 7. The molecule has 2 amide bonds. The van der Waals surface area contributed by atoms with Gasteiger partial charge in [-0.15, -0.1) is 11.3 Å². The van der Waals surface area contributed by atoms with Gasteiger partial charge in [-0.1, -0.05) is 6.92 Å². The second-order valence-electron chi connectivity index (χ2n) is 4.16. The lowest BCUT2D eigenvalue weighted by Gasteiger charge is -2.07. The molecule has 1 aromatic rings. The van der Waals surface area contributed by atoms with Crippen LogP contribution in [-0.2, 0) is 9.84 Å². The lowest BCUT2D eigenvalue weighted by molar-refractivity contribution is 0.0965. The van der Waals surface area contributed by atoms with Gasteiger partial charge in [0, 0.05) is 19.3 Å². The van der Waals surface area contributed by atoms with Gasteiger partial charge < -0.3 is 22.1 Å². The quantitative estimate of drug-likeness (QED) is 0.535. The summed E-state index contributed by atoms with van der Waals surface area (Å²) in [6.07, 6.45) is 0. The van der Waals surface area contributed by atoms with Crippen molar-refractivity contribution in [2.24, 2.45) is 5.73 Å². The van der Waals surface area contributed by atoms with Gasteiger partial charge >= 0.3 is 0 Å². The van der Waals surface area contributed by atoms with Gasteiger partial charge in [-0.2, -0.15) is 0 Å². The van der Waals surface area contributed by atoms with Gasteiger partial charge in [0.15, 0.2) is 9.84 Å².